The van der Waals surface area contributed by atoms with E-state index in [4.69, 9.17) is 0 Å². The molecule has 18 heavy (non-hydrogen) atoms. The molecule has 0 bridgehead atoms. The van der Waals surface area contributed by atoms with Crippen molar-refractivity contribution < 1.29 is 9.18 Å². The second-order valence-electron chi connectivity index (χ2n) is 3.90. The summed E-state index contributed by atoms with van der Waals surface area (Å²) in [5, 5.41) is 6.83. The van der Waals surface area contributed by atoms with E-state index in [0.29, 0.717) is 12.1 Å². The normalized spacial score (nSPS) is 10.3. The van der Waals surface area contributed by atoms with Gasteiger partial charge in [0.15, 0.2) is 0 Å². The first-order chi connectivity index (χ1) is 8.69. The molecule has 1 heterocycles. The fraction of sp³-hybridized carbons (Fsp3) is 0.231. The molecule has 4 nitrogen and oxygen atoms in total. The molecule has 0 atom stereocenters. The van der Waals surface area contributed by atoms with E-state index in [1.165, 1.54) is 18.2 Å². The highest BCUT2D eigenvalue weighted by Crippen LogP contribution is 2.04. The van der Waals surface area contributed by atoms with Crippen molar-refractivity contribution in [2.45, 2.75) is 20.0 Å². The molecule has 0 spiro atoms. The Bertz CT molecular complexity index is 551. The Morgan fingerprint density at radius 3 is 3.00 bits per heavy atom. The molecular formula is C13H14FN3O. The summed E-state index contributed by atoms with van der Waals surface area (Å²) in [4.78, 5) is 11.7. The molecule has 5 heteroatoms. The zero-order chi connectivity index (χ0) is 13.0. The van der Waals surface area contributed by atoms with Crippen LogP contribution in [0.1, 0.15) is 22.8 Å². The SMILES string of the molecule is CCn1cc(CNC(=O)c2cccc(F)c2)cn1. The van der Waals surface area contributed by atoms with Gasteiger partial charge >= 0.3 is 0 Å². The van der Waals surface area contributed by atoms with Crippen LogP contribution in [0.3, 0.4) is 0 Å². The van der Waals surface area contributed by atoms with Crippen LogP contribution in [0.25, 0.3) is 0 Å². The molecule has 0 radical (unpaired) electrons. The van der Waals surface area contributed by atoms with E-state index in [0.717, 1.165) is 12.1 Å². The summed E-state index contributed by atoms with van der Waals surface area (Å²) in [5.74, 6) is -0.708. The summed E-state index contributed by atoms with van der Waals surface area (Å²) in [5.41, 5.74) is 1.24. The Labute approximate surface area is 104 Å². The van der Waals surface area contributed by atoms with Gasteiger partial charge in [-0.2, -0.15) is 5.10 Å². The lowest BCUT2D eigenvalue weighted by Gasteiger charge is -2.03. The molecule has 0 fully saturated rings. The van der Waals surface area contributed by atoms with Crippen molar-refractivity contribution in [1.82, 2.24) is 15.1 Å². The average molecular weight is 247 g/mol. The Balaban J connectivity index is 1.96. The van der Waals surface area contributed by atoms with Crippen molar-refractivity contribution in [3.63, 3.8) is 0 Å². The number of aryl methyl sites for hydroxylation is 1. The minimum atomic E-state index is -0.415. The van der Waals surface area contributed by atoms with E-state index >= 15 is 0 Å². The van der Waals surface area contributed by atoms with Crippen LogP contribution in [-0.2, 0) is 13.1 Å². The van der Waals surface area contributed by atoms with E-state index < -0.39 is 5.82 Å². The molecule has 2 aromatic rings. The maximum absolute atomic E-state index is 12.9. The Morgan fingerprint density at radius 2 is 2.33 bits per heavy atom. The Hall–Kier alpha value is -2.17. The van der Waals surface area contributed by atoms with Gasteiger partial charge in [-0.25, -0.2) is 4.39 Å². The molecule has 1 aromatic heterocycles. The Morgan fingerprint density at radius 1 is 1.50 bits per heavy atom. The molecule has 1 N–H and O–H groups in total. The van der Waals surface area contributed by atoms with Crippen LogP contribution >= 0.6 is 0 Å². The van der Waals surface area contributed by atoms with Gasteiger partial charge in [0.2, 0.25) is 0 Å². The van der Waals surface area contributed by atoms with Crippen LogP contribution in [0.15, 0.2) is 36.7 Å². The van der Waals surface area contributed by atoms with Crippen LogP contribution in [0.5, 0.6) is 0 Å². The highest BCUT2D eigenvalue weighted by atomic mass is 19.1. The van der Waals surface area contributed by atoms with Crippen molar-refractivity contribution in [3.8, 4) is 0 Å². The molecule has 1 aromatic carbocycles. The first-order valence-corrected chi connectivity index (χ1v) is 5.74. The number of carbonyl (C=O) groups excluding carboxylic acids is 1. The van der Waals surface area contributed by atoms with Gasteiger partial charge < -0.3 is 5.32 Å². The van der Waals surface area contributed by atoms with Crippen LogP contribution in [0, 0.1) is 5.82 Å². The second-order valence-corrected chi connectivity index (χ2v) is 3.90. The number of nitrogens with zero attached hydrogens (tertiary/aromatic N) is 2. The minimum absolute atomic E-state index is 0.293. The molecule has 1 amide bonds. The van der Waals surface area contributed by atoms with Crippen LogP contribution in [-0.4, -0.2) is 15.7 Å². The Kier molecular flexibility index (Phi) is 3.72. The topological polar surface area (TPSA) is 46.9 Å². The van der Waals surface area contributed by atoms with Gasteiger partial charge in [-0.3, -0.25) is 9.48 Å². The summed E-state index contributed by atoms with van der Waals surface area (Å²) in [6.07, 6.45) is 3.57. The van der Waals surface area contributed by atoms with E-state index in [-0.39, 0.29) is 5.91 Å². The van der Waals surface area contributed by atoms with Crippen molar-refractivity contribution in [3.05, 3.63) is 53.6 Å². The number of rotatable bonds is 4. The summed E-state index contributed by atoms with van der Waals surface area (Å²) < 4.78 is 14.7. The van der Waals surface area contributed by atoms with Gasteiger partial charge in [-0.05, 0) is 25.1 Å². The molecule has 0 saturated heterocycles. The maximum Gasteiger partial charge on any atom is 0.251 e. The van der Waals surface area contributed by atoms with Gasteiger partial charge in [-0.1, -0.05) is 6.07 Å². The summed E-state index contributed by atoms with van der Waals surface area (Å²) >= 11 is 0. The lowest BCUT2D eigenvalue weighted by atomic mass is 10.2. The molecule has 94 valence electrons. The third-order valence-corrected chi connectivity index (χ3v) is 2.55. The molecule has 0 saturated carbocycles. The van der Waals surface area contributed by atoms with Gasteiger partial charge in [0.05, 0.1) is 6.20 Å². The smallest absolute Gasteiger partial charge is 0.251 e. The number of hydrogen-bond donors (Lipinski definition) is 1. The maximum atomic E-state index is 12.9. The summed E-state index contributed by atoms with van der Waals surface area (Å²) in [6.45, 7) is 3.16. The van der Waals surface area contributed by atoms with E-state index in [9.17, 15) is 9.18 Å². The second kappa shape index (κ2) is 5.44. The molecule has 0 aliphatic carbocycles. The molecule has 0 aliphatic heterocycles. The van der Waals surface area contributed by atoms with Gasteiger partial charge in [0.25, 0.3) is 5.91 Å². The minimum Gasteiger partial charge on any atom is -0.348 e. The van der Waals surface area contributed by atoms with Crippen molar-refractivity contribution in [2.75, 3.05) is 0 Å². The number of halogens is 1. The number of amides is 1. The summed E-state index contributed by atoms with van der Waals surface area (Å²) in [6, 6.07) is 5.61. The molecule has 0 unspecified atom stereocenters. The first kappa shape index (κ1) is 12.3. The van der Waals surface area contributed by atoms with E-state index in [2.05, 4.69) is 10.4 Å². The number of carbonyl (C=O) groups is 1. The van der Waals surface area contributed by atoms with Crippen molar-refractivity contribution >= 4 is 5.91 Å². The fourth-order valence-electron chi connectivity index (χ4n) is 1.58. The quantitative estimate of drug-likeness (QED) is 0.897. The van der Waals surface area contributed by atoms with Gasteiger partial charge in [0.1, 0.15) is 5.82 Å². The number of nitrogens with one attached hydrogen (secondary N) is 1. The molecule has 0 aliphatic rings. The number of benzene rings is 1. The highest BCUT2D eigenvalue weighted by molar-refractivity contribution is 5.94. The van der Waals surface area contributed by atoms with Crippen LogP contribution in [0.4, 0.5) is 4.39 Å². The van der Waals surface area contributed by atoms with E-state index in [1.54, 1.807) is 16.9 Å². The first-order valence-electron chi connectivity index (χ1n) is 5.74. The van der Waals surface area contributed by atoms with Gasteiger partial charge in [-0.15, -0.1) is 0 Å². The summed E-state index contributed by atoms with van der Waals surface area (Å²) in [7, 11) is 0. The van der Waals surface area contributed by atoms with Gasteiger partial charge in [0, 0.05) is 30.4 Å². The molecular weight excluding hydrogens is 233 g/mol. The standard InChI is InChI=1S/C13H14FN3O/c1-2-17-9-10(8-16-17)7-15-13(18)11-4-3-5-12(14)6-11/h3-6,8-9H,2,7H2,1H3,(H,15,18). The van der Waals surface area contributed by atoms with E-state index in [1.807, 2.05) is 13.1 Å². The number of aromatic nitrogens is 2. The zero-order valence-electron chi connectivity index (χ0n) is 10.1. The largest absolute Gasteiger partial charge is 0.348 e. The lowest BCUT2D eigenvalue weighted by molar-refractivity contribution is 0.0950. The van der Waals surface area contributed by atoms with Crippen LogP contribution < -0.4 is 5.32 Å². The predicted molar refractivity (Wildman–Crippen MR) is 65.5 cm³/mol. The fourth-order valence-corrected chi connectivity index (χ4v) is 1.58. The monoisotopic (exact) mass is 247 g/mol. The van der Waals surface area contributed by atoms with Crippen LogP contribution in [0.2, 0.25) is 0 Å². The lowest BCUT2D eigenvalue weighted by Crippen LogP contribution is -2.22. The molecule has 2 rings (SSSR count). The zero-order valence-corrected chi connectivity index (χ0v) is 10.1. The highest BCUT2D eigenvalue weighted by Gasteiger charge is 2.06. The predicted octanol–water partition coefficient (Wildman–Crippen LogP) is 1.97. The van der Waals surface area contributed by atoms with Crippen molar-refractivity contribution in [1.29, 1.82) is 0 Å². The average Bonchev–Trinajstić information content (AvgIpc) is 2.84. The number of hydrogen-bond acceptors (Lipinski definition) is 2. The third-order valence-electron chi connectivity index (χ3n) is 2.55. The third kappa shape index (κ3) is 2.94. The van der Waals surface area contributed by atoms with Crippen molar-refractivity contribution in [2.24, 2.45) is 0 Å².